The van der Waals surface area contributed by atoms with E-state index in [-0.39, 0.29) is 5.04 Å². The van der Waals surface area contributed by atoms with Crippen molar-refractivity contribution in [2.75, 3.05) is 5.73 Å². The number of hydrogen-bond acceptors (Lipinski definition) is 3. The van der Waals surface area contributed by atoms with E-state index in [0.29, 0.717) is 5.82 Å². The van der Waals surface area contributed by atoms with Crippen LogP contribution in [0, 0.1) is 0 Å². The summed E-state index contributed by atoms with van der Waals surface area (Å²) in [6.45, 7) is 4.37. The van der Waals surface area contributed by atoms with E-state index in [1.54, 1.807) is 6.20 Å². The molecule has 1 aromatic heterocycles. The summed E-state index contributed by atoms with van der Waals surface area (Å²) >= 11 is 0. The Hall–Kier alpha value is -2.43. The van der Waals surface area contributed by atoms with Gasteiger partial charge in [0.05, 0.1) is 0 Å². The molecule has 0 aliphatic carbocycles. The van der Waals surface area contributed by atoms with Gasteiger partial charge in [0.25, 0.3) is 8.32 Å². The second-order valence-electron chi connectivity index (χ2n) is 7.42. The molecule has 0 fully saturated rings. The van der Waals surface area contributed by atoms with E-state index in [1.165, 1.54) is 0 Å². The highest BCUT2D eigenvalue weighted by atomic mass is 28.4. The molecule has 4 heteroatoms. The Labute approximate surface area is 156 Å². The van der Waals surface area contributed by atoms with Crippen molar-refractivity contribution in [2.24, 2.45) is 0 Å². The molecular weight excluding hydrogens is 336 g/mol. The Kier molecular flexibility index (Phi) is 5.25. The molecule has 2 aromatic carbocycles. The zero-order chi connectivity index (χ0) is 18.6. The summed E-state index contributed by atoms with van der Waals surface area (Å²) in [4.78, 5) is 16.2. The third kappa shape index (κ3) is 3.57. The first-order chi connectivity index (χ1) is 12.4. The molecule has 3 N–H and O–H groups in total. The van der Waals surface area contributed by atoms with Crippen LogP contribution in [0.25, 0.3) is 0 Å². The smallest absolute Gasteiger partial charge is 0.258 e. The minimum absolute atomic E-state index is 0.256. The number of benzene rings is 2. The van der Waals surface area contributed by atoms with Crippen molar-refractivity contribution in [3.63, 3.8) is 0 Å². The van der Waals surface area contributed by atoms with Gasteiger partial charge in [-0.15, -0.1) is 0 Å². The van der Waals surface area contributed by atoms with Gasteiger partial charge in [0, 0.05) is 6.20 Å². The summed E-state index contributed by atoms with van der Waals surface area (Å²) in [5, 5.41) is 1.84. The number of pyridine rings is 1. The van der Waals surface area contributed by atoms with Crippen molar-refractivity contribution in [3.8, 4) is 0 Å². The number of nitrogens with two attached hydrogens (primary N) is 1. The number of nitrogens with zero attached hydrogens (tertiary/aromatic N) is 1. The first-order valence-electron chi connectivity index (χ1n) is 8.97. The van der Waals surface area contributed by atoms with Crippen LogP contribution in [0.2, 0.25) is 5.04 Å². The van der Waals surface area contributed by atoms with Crippen LogP contribution in [0.1, 0.15) is 25.8 Å². The van der Waals surface area contributed by atoms with Gasteiger partial charge in [-0.05, 0) is 45.9 Å². The summed E-state index contributed by atoms with van der Waals surface area (Å²) < 4.78 is 0. The lowest BCUT2D eigenvalue weighted by molar-refractivity contribution is 0.466. The summed E-state index contributed by atoms with van der Waals surface area (Å²) in [6, 6.07) is 24.2. The average molecular weight is 363 g/mol. The first-order valence-corrected chi connectivity index (χ1v) is 10.9. The van der Waals surface area contributed by atoms with E-state index in [2.05, 4.69) is 43.1 Å². The highest BCUT2D eigenvalue weighted by Crippen LogP contribution is 2.39. The lowest BCUT2D eigenvalue weighted by Crippen LogP contribution is -2.65. The van der Waals surface area contributed by atoms with E-state index in [9.17, 15) is 4.80 Å². The first kappa shape index (κ1) is 18.4. The van der Waals surface area contributed by atoms with Crippen molar-refractivity contribution in [1.82, 2.24) is 4.98 Å². The molecule has 26 heavy (non-hydrogen) atoms. The van der Waals surface area contributed by atoms with E-state index >= 15 is 0 Å². The molecular formula is C22H26N2OSi. The van der Waals surface area contributed by atoms with Gasteiger partial charge in [0.2, 0.25) is 0 Å². The molecule has 3 aromatic rings. The Bertz CT molecular complexity index is 811. The number of aryl methyl sites for hydroxylation is 1. The van der Waals surface area contributed by atoms with E-state index in [0.717, 1.165) is 28.8 Å². The fraction of sp³-hybridized carbons (Fsp3) is 0.227. The molecule has 0 aliphatic rings. The van der Waals surface area contributed by atoms with Gasteiger partial charge >= 0.3 is 0 Å². The van der Waals surface area contributed by atoms with Crippen LogP contribution in [-0.4, -0.2) is 18.1 Å². The fourth-order valence-electron chi connectivity index (χ4n) is 3.59. The van der Waals surface area contributed by atoms with Crippen LogP contribution < -0.4 is 16.1 Å². The number of hydrogen-bond donors (Lipinski definition) is 2. The van der Waals surface area contributed by atoms with Crippen LogP contribution in [0.5, 0.6) is 0 Å². The Morgan fingerprint density at radius 2 is 1.46 bits per heavy atom. The number of aromatic nitrogens is 1. The second kappa shape index (κ2) is 7.44. The topological polar surface area (TPSA) is 59.1 Å². The van der Waals surface area contributed by atoms with E-state index < -0.39 is 8.32 Å². The number of anilines is 1. The largest absolute Gasteiger partial charge is 0.424 e. The number of nitrogen functional groups attached to an aromatic ring is 1. The molecule has 3 rings (SSSR count). The van der Waals surface area contributed by atoms with Gasteiger partial charge < -0.3 is 10.5 Å². The van der Waals surface area contributed by atoms with Crippen molar-refractivity contribution in [3.05, 3.63) is 84.6 Å². The normalized spacial score (nSPS) is 12.1. The van der Waals surface area contributed by atoms with Gasteiger partial charge in [-0.2, -0.15) is 0 Å². The lowest BCUT2D eigenvalue weighted by atomic mass is 10.0. The summed E-state index contributed by atoms with van der Waals surface area (Å²) in [7, 11) is -2.94. The second-order valence-corrected chi connectivity index (χ2v) is 11.3. The van der Waals surface area contributed by atoms with Crippen molar-refractivity contribution >= 4 is 24.5 Å². The maximum atomic E-state index is 12.1. The van der Waals surface area contributed by atoms with E-state index in [1.807, 2.05) is 48.5 Å². The van der Waals surface area contributed by atoms with Gasteiger partial charge in [0.15, 0.2) is 0 Å². The quantitative estimate of drug-likeness (QED) is 0.662. The molecule has 0 spiro atoms. The molecule has 134 valence electrons. The molecule has 0 aliphatic heterocycles. The van der Waals surface area contributed by atoms with E-state index in [4.69, 9.17) is 5.73 Å². The lowest BCUT2D eigenvalue weighted by Gasteiger charge is -2.41. The van der Waals surface area contributed by atoms with Crippen LogP contribution in [0.15, 0.2) is 79.0 Å². The summed E-state index contributed by atoms with van der Waals surface area (Å²) in [6.07, 6.45) is 3.47. The van der Waals surface area contributed by atoms with Crippen molar-refractivity contribution in [2.45, 2.75) is 31.7 Å². The third-order valence-corrected chi connectivity index (χ3v) is 9.79. The monoisotopic (exact) mass is 362 g/mol. The Morgan fingerprint density at radius 1 is 0.923 bits per heavy atom. The Morgan fingerprint density at radius 3 is 1.96 bits per heavy atom. The van der Waals surface area contributed by atoms with Crippen molar-refractivity contribution in [1.29, 1.82) is 0 Å². The minimum atomic E-state index is -2.94. The molecule has 0 amide bonds. The summed E-state index contributed by atoms with van der Waals surface area (Å²) in [5.41, 5.74) is 6.97. The molecule has 0 saturated carbocycles. The van der Waals surface area contributed by atoms with Crippen LogP contribution in [0.4, 0.5) is 5.82 Å². The highest BCUT2D eigenvalue weighted by Gasteiger charge is 2.49. The average Bonchev–Trinajstić information content (AvgIpc) is 2.67. The highest BCUT2D eigenvalue weighted by molar-refractivity contribution is 6.98. The SMILES string of the molecule is CC(C)(CCc1ccnc(N)c1)[Si](O)(c1ccccc1)c1ccccc1. The van der Waals surface area contributed by atoms with Crippen molar-refractivity contribution < 1.29 is 4.80 Å². The molecule has 0 saturated heterocycles. The van der Waals surface area contributed by atoms with Gasteiger partial charge in [-0.3, -0.25) is 0 Å². The molecule has 1 heterocycles. The molecule has 3 nitrogen and oxygen atoms in total. The zero-order valence-electron chi connectivity index (χ0n) is 15.4. The van der Waals surface area contributed by atoms with Gasteiger partial charge in [-0.1, -0.05) is 74.5 Å². The molecule has 0 bridgehead atoms. The third-order valence-electron chi connectivity index (χ3n) is 5.25. The standard InChI is InChI=1S/C22H26N2OSi/c1-22(2,15-13-18-14-16-24-21(23)17-18)26(25,19-9-5-3-6-10-19)20-11-7-4-8-12-20/h3-12,14,16-17,25H,13,15H2,1-2H3,(H2,23,24). The maximum absolute atomic E-state index is 12.1. The maximum Gasteiger partial charge on any atom is 0.258 e. The molecule has 0 atom stereocenters. The minimum Gasteiger partial charge on any atom is -0.424 e. The molecule has 0 radical (unpaired) electrons. The molecule has 0 unspecified atom stereocenters. The van der Waals surface area contributed by atoms with Gasteiger partial charge in [0.1, 0.15) is 5.82 Å². The van der Waals surface area contributed by atoms with Gasteiger partial charge in [-0.25, -0.2) is 4.98 Å². The number of rotatable bonds is 6. The predicted octanol–water partition coefficient (Wildman–Crippen LogP) is 3.13. The summed E-state index contributed by atoms with van der Waals surface area (Å²) in [5.74, 6) is 0.541. The Balaban J connectivity index is 1.98. The zero-order valence-corrected chi connectivity index (χ0v) is 16.4. The predicted molar refractivity (Wildman–Crippen MR) is 111 cm³/mol. The fourth-order valence-corrected chi connectivity index (χ4v) is 7.33. The van der Waals surface area contributed by atoms with Crippen LogP contribution in [-0.2, 0) is 6.42 Å². The van der Waals surface area contributed by atoms with Crippen LogP contribution in [0.3, 0.4) is 0 Å². The van der Waals surface area contributed by atoms with Crippen LogP contribution >= 0.6 is 0 Å².